The summed E-state index contributed by atoms with van der Waals surface area (Å²) >= 11 is 0. The van der Waals surface area contributed by atoms with Gasteiger partial charge in [-0.3, -0.25) is 4.57 Å². The minimum atomic E-state index is -0.0914. The molecule has 0 aliphatic carbocycles. The molecule has 0 unspecified atom stereocenters. The molecule has 7 nitrogen and oxygen atoms in total. The van der Waals surface area contributed by atoms with Crippen molar-refractivity contribution in [3.05, 3.63) is 150 Å². The van der Waals surface area contributed by atoms with Crippen molar-refractivity contribution in [1.29, 1.82) is 0 Å². The number of para-hydroxylation sites is 3. The van der Waals surface area contributed by atoms with Crippen LogP contribution in [0.25, 0.3) is 55.1 Å². The minimum Gasteiger partial charge on any atom is -0.457 e. The van der Waals surface area contributed by atoms with Crippen LogP contribution in [0.15, 0.2) is 134 Å². The second kappa shape index (κ2) is 13.3. The standard InChI is InChI=1S/C50H46N6O/c1-7-32-14-11-17-41-42-18-12-15-33(8-2)48(42)55(47(32)41)35-23-25-51-46(29-35)56-43-19-10-9-16-39(43)40-22-21-37(30-45(40)56)57-38-27-34(50(3,4)5)26-36(28-38)54-31-53(6)44-20-13-24-52-49(44)54/h9-30H,7-8,31H2,1-6H3. The number of nitrogens with zero attached hydrogens (tertiary/aromatic N) is 6. The van der Waals surface area contributed by atoms with E-state index in [-0.39, 0.29) is 5.41 Å². The topological polar surface area (TPSA) is 51.4 Å². The molecule has 7 heteroatoms. The zero-order valence-electron chi connectivity index (χ0n) is 33.4. The highest BCUT2D eigenvalue weighted by molar-refractivity contribution is 6.12. The number of aromatic nitrogens is 4. The van der Waals surface area contributed by atoms with Crippen LogP contribution in [0.1, 0.15) is 51.3 Å². The van der Waals surface area contributed by atoms with E-state index in [9.17, 15) is 0 Å². The average molecular weight is 747 g/mol. The molecule has 1 aliphatic rings. The van der Waals surface area contributed by atoms with E-state index in [2.05, 4.69) is 176 Å². The van der Waals surface area contributed by atoms with Crippen LogP contribution in [0.3, 0.4) is 0 Å². The monoisotopic (exact) mass is 746 g/mol. The number of pyridine rings is 2. The molecule has 1 aliphatic heterocycles. The zero-order chi connectivity index (χ0) is 39.0. The first kappa shape index (κ1) is 34.9. The lowest BCUT2D eigenvalue weighted by Gasteiger charge is -2.25. The predicted octanol–water partition coefficient (Wildman–Crippen LogP) is 12.4. The van der Waals surface area contributed by atoms with Crippen molar-refractivity contribution in [2.24, 2.45) is 0 Å². The highest BCUT2D eigenvalue weighted by Crippen LogP contribution is 2.43. The normalized spacial score (nSPS) is 13.1. The molecule has 0 bridgehead atoms. The van der Waals surface area contributed by atoms with Crippen molar-refractivity contribution in [3.8, 4) is 23.0 Å². The van der Waals surface area contributed by atoms with E-state index in [1.807, 2.05) is 18.5 Å². The van der Waals surface area contributed by atoms with E-state index in [4.69, 9.17) is 14.7 Å². The van der Waals surface area contributed by atoms with Crippen LogP contribution < -0.4 is 14.5 Å². The Labute approximate surface area is 333 Å². The molecule has 9 aromatic rings. The molecule has 0 radical (unpaired) electrons. The summed E-state index contributed by atoms with van der Waals surface area (Å²) in [5, 5.41) is 4.89. The maximum atomic E-state index is 6.86. The molecule has 0 saturated heterocycles. The summed E-state index contributed by atoms with van der Waals surface area (Å²) in [4.78, 5) is 14.3. The highest BCUT2D eigenvalue weighted by atomic mass is 16.5. The fourth-order valence-electron chi connectivity index (χ4n) is 8.84. The maximum Gasteiger partial charge on any atom is 0.158 e. The molecule has 4 aromatic heterocycles. The predicted molar refractivity (Wildman–Crippen MR) is 237 cm³/mol. The van der Waals surface area contributed by atoms with Gasteiger partial charge in [0.2, 0.25) is 0 Å². The molecule has 282 valence electrons. The summed E-state index contributed by atoms with van der Waals surface area (Å²) < 4.78 is 11.6. The number of hydrogen-bond acceptors (Lipinski definition) is 5. The van der Waals surface area contributed by atoms with Crippen molar-refractivity contribution in [3.63, 3.8) is 0 Å². The number of ether oxygens (including phenoxy) is 1. The van der Waals surface area contributed by atoms with Gasteiger partial charge in [-0.05, 0) is 83.5 Å². The third-order valence-electron chi connectivity index (χ3n) is 11.7. The fraction of sp³-hybridized carbons (Fsp3) is 0.200. The second-order valence-electron chi connectivity index (χ2n) is 16.3. The molecule has 0 spiro atoms. The van der Waals surface area contributed by atoms with Crippen molar-refractivity contribution in [1.82, 2.24) is 19.1 Å². The summed E-state index contributed by atoms with van der Waals surface area (Å²) in [5.74, 6) is 3.36. The minimum absolute atomic E-state index is 0.0914. The van der Waals surface area contributed by atoms with Crippen LogP contribution in [-0.4, -0.2) is 32.8 Å². The summed E-state index contributed by atoms with van der Waals surface area (Å²) in [6, 6.07) is 43.6. The molecule has 0 fully saturated rings. The number of anilines is 3. The number of benzene rings is 5. The first-order valence-corrected chi connectivity index (χ1v) is 20.0. The number of aryl methyl sites for hydroxylation is 2. The van der Waals surface area contributed by atoms with Gasteiger partial charge < -0.3 is 19.1 Å². The van der Waals surface area contributed by atoms with Gasteiger partial charge in [-0.25, -0.2) is 9.97 Å². The van der Waals surface area contributed by atoms with Crippen LogP contribution in [0, 0.1) is 0 Å². The van der Waals surface area contributed by atoms with Crippen molar-refractivity contribution >= 4 is 60.8 Å². The summed E-state index contributed by atoms with van der Waals surface area (Å²) in [6.07, 6.45) is 5.71. The van der Waals surface area contributed by atoms with Gasteiger partial charge in [-0.1, -0.05) is 89.2 Å². The van der Waals surface area contributed by atoms with Crippen molar-refractivity contribution in [2.75, 3.05) is 23.5 Å². The van der Waals surface area contributed by atoms with Crippen LogP contribution >= 0.6 is 0 Å². The third kappa shape index (κ3) is 5.63. The SMILES string of the molecule is CCc1cccc2c3cccc(CC)c3n(-c3ccnc(-n4c5ccccc5c5ccc(Oc6cc(N7CN(C)c8cccnc87)cc(C(C)(C)C)c6)cc54)c3)c12. The first-order chi connectivity index (χ1) is 27.7. The number of fused-ring (bicyclic) bond motifs is 7. The van der Waals surface area contributed by atoms with Gasteiger partial charge in [0.25, 0.3) is 0 Å². The van der Waals surface area contributed by atoms with Gasteiger partial charge in [-0.15, -0.1) is 0 Å². The van der Waals surface area contributed by atoms with Crippen LogP contribution in [0.4, 0.5) is 17.2 Å². The molecule has 5 heterocycles. The maximum absolute atomic E-state index is 6.86. The van der Waals surface area contributed by atoms with Crippen LogP contribution in [0.2, 0.25) is 0 Å². The van der Waals surface area contributed by atoms with Gasteiger partial charge in [0.15, 0.2) is 5.82 Å². The Morgan fingerprint density at radius 2 is 1.32 bits per heavy atom. The largest absolute Gasteiger partial charge is 0.457 e. The fourth-order valence-corrected chi connectivity index (χ4v) is 8.84. The summed E-state index contributed by atoms with van der Waals surface area (Å²) in [6.45, 7) is 11.9. The number of rotatable bonds is 7. The summed E-state index contributed by atoms with van der Waals surface area (Å²) in [5.41, 5.74) is 11.7. The molecule has 10 rings (SSSR count). The zero-order valence-corrected chi connectivity index (χ0v) is 33.4. The van der Waals surface area contributed by atoms with Crippen LogP contribution in [0.5, 0.6) is 11.5 Å². The average Bonchev–Trinajstić information content (AvgIpc) is 3.87. The van der Waals surface area contributed by atoms with E-state index >= 15 is 0 Å². The lowest BCUT2D eigenvalue weighted by atomic mass is 9.86. The Kier molecular flexibility index (Phi) is 8.11. The highest BCUT2D eigenvalue weighted by Gasteiger charge is 2.28. The van der Waals surface area contributed by atoms with E-state index in [1.54, 1.807) is 0 Å². The van der Waals surface area contributed by atoms with Gasteiger partial charge >= 0.3 is 0 Å². The lowest BCUT2D eigenvalue weighted by Crippen LogP contribution is -2.24. The van der Waals surface area contributed by atoms with Gasteiger partial charge in [0.05, 0.1) is 40.1 Å². The van der Waals surface area contributed by atoms with Crippen molar-refractivity contribution in [2.45, 2.75) is 52.9 Å². The van der Waals surface area contributed by atoms with Gasteiger partial charge in [0, 0.05) is 64.9 Å². The van der Waals surface area contributed by atoms with E-state index < -0.39 is 0 Å². The van der Waals surface area contributed by atoms with Crippen molar-refractivity contribution < 1.29 is 4.74 Å². The number of hydrogen-bond donors (Lipinski definition) is 0. The first-order valence-electron chi connectivity index (χ1n) is 20.0. The van der Waals surface area contributed by atoms with Gasteiger partial charge in [0.1, 0.15) is 17.3 Å². The second-order valence-corrected chi connectivity index (χ2v) is 16.3. The molecule has 0 saturated carbocycles. The Hall–Kier alpha value is -6.60. The van der Waals surface area contributed by atoms with Gasteiger partial charge in [-0.2, -0.15) is 0 Å². The Morgan fingerprint density at radius 1 is 0.596 bits per heavy atom. The smallest absolute Gasteiger partial charge is 0.158 e. The Morgan fingerprint density at radius 3 is 2.05 bits per heavy atom. The molecule has 0 amide bonds. The molecule has 57 heavy (non-hydrogen) atoms. The van der Waals surface area contributed by atoms with E-state index in [1.165, 1.54) is 43.9 Å². The van der Waals surface area contributed by atoms with Crippen LogP contribution in [-0.2, 0) is 18.3 Å². The third-order valence-corrected chi connectivity index (χ3v) is 11.7. The Balaban J connectivity index is 1.12. The van der Waals surface area contributed by atoms with E-state index in [0.717, 1.165) is 69.5 Å². The van der Waals surface area contributed by atoms with E-state index in [0.29, 0.717) is 6.67 Å². The quantitative estimate of drug-likeness (QED) is 0.163. The molecule has 5 aromatic carbocycles. The molecular weight excluding hydrogens is 701 g/mol. The molecular formula is C50H46N6O. The lowest BCUT2D eigenvalue weighted by molar-refractivity contribution is 0.479. The summed E-state index contributed by atoms with van der Waals surface area (Å²) in [7, 11) is 2.11. The Bertz CT molecular complexity index is 2960. The molecule has 0 atom stereocenters. The molecule has 0 N–H and O–H groups in total.